The number of nitrogens with zero attached hydrogens (tertiary/aromatic N) is 6. The summed E-state index contributed by atoms with van der Waals surface area (Å²) in [6, 6.07) is 4.89. The number of nitriles is 1. The first-order valence-corrected chi connectivity index (χ1v) is 7.90. The number of aromatic nitrogens is 4. The molecule has 0 amide bonds. The molecular weight excluding hydrogens is 302 g/mol. The van der Waals surface area contributed by atoms with Gasteiger partial charge >= 0.3 is 0 Å². The Labute approximate surface area is 141 Å². The molecule has 0 unspecified atom stereocenters. The van der Waals surface area contributed by atoms with Crippen molar-refractivity contribution in [1.82, 2.24) is 19.5 Å². The second-order valence-electron chi connectivity index (χ2n) is 6.31. The summed E-state index contributed by atoms with van der Waals surface area (Å²) >= 11 is 0. The minimum Gasteiger partial charge on any atom is -0.368 e. The van der Waals surface area contributed by atoms with Crippen LogP contribution >= 0.6 is 0 Å². The number of anilines is 2. The van der Waals surface area contributed by atoms with Crippen LogP contribution in [0.5, 0.6) is 0 Å². The highest BCUT2D eigenvalue weighted by Crippen LogP contribution is 2.38. The lowest BCUT2D eigenvalue weighted by molar-refractivity contribution is 0.699. The largest absolute Gasteiger partial charge is 0.368 e. The van der Waals surface area contributed by atoms with Crippen LogP contribution in [0.1, 0.15) is 41.7 Å². The molecule has 3 rings (SSSR count). The zero-order chi connectivity index (χ0) is 17.4. The summed E-state index contributed by atoms with van der Waals surface area (Å²) in [5.41, 5.74) is 9.53. The van der Waals surface area contributed by atoms with E-state index < -0.39 is 0 Å². The van der Waals surface area contributed by atoms with Gasteiger partial charge in [0.2, 0.25) is 11.9 Å². The van der Waals surface area contributed by atoms with Crippen LogP contribution in [0, 0.1) is 25.2 Å². The van der Waals surface area contributed by atoms with Gasteiger partial charge in [-0.25, -0.2) is 0 Å². The first-order chi connectivity index (χ1) is 11.4. The van der Waals surface area contributed by atoms with Crippen molar-refractivity contribution in [2.24, 2.45) is 0 Å². The van der Waals surface area contributed by atoms with E-state index >= 15 is 0 Å². The Bertz CT molecular complexity index is 851. The van der Waals surface area contributed by atoms with Crippen LogP contribution in [0.25, 0.3) is 11.6 Å². The average Bonchev–Trinajstić information content (AvgIpc) is 3.31. The summed E-state index contributed by atoms with van der Waals surface area (Å²) in [6.07, 6.45) is 4.27. The third kappa shape index (κ3) is 2.95. The van der Waals surface area contributed by atoms with Gasteiger partial charge in [-0.2, -0.15) is 20.2 Å². The number of nitrogens with two attached hydrogens (primary N) is 1. The molecule has 2 heterocycles. The lowest BCUT2D eigenvalue weighted by atomic mass is 10.1. The molecule has 1 saturated carbocycles. The van der Waals surface area contributed by atoms with E-state index in [0.717, 1.165) is 11.3 Å². The summed E-state index contributed by atoms with van der Waals surface area (Å²) in [6.45, 7) is 4.18. The quantitative estimate of drug-likeness (QED) is 0.867. The molecule has 0 bridgehead atoms. The molecule has 0 aliphatic heterocycles. The first-order valence-electron chi connectivity index (χ1n) is 7.90. The Morgan fingerprint density at radius 3 is 2.62 bits per heavy atom. The number of rotatable bonds is 4. The Hall–Kier alpha value is -2.88. The topological polar surface area (TPSA) is 96.7 Å². The molecule has 1 aliphatic rings. The van der Waals surface area contributed by atoms with E-state index in [1.54, 1.807) is 4.90 Å². The molecule has 7 heteroatoms. The highest BCUT2D eigenvalue weighted by molar-refractivity contribution is 5.88. The summed E-state index contributed by atoms with van der Waals surface area (Å²) in [5.74, 6) is 0.834. The van der Waals surface area contributed by atoms with Crippen LogP contribution in [0.2, 0.25) is 0 Å². The predicted octanol–water partition coefficient (Wildman–Crippen LogP) is 2.34. The standard InChI is InChI=1S/C17H21N7/c1-10-7-12(11(2)24(10)14-5-6-14)8-13(9-18)15-20-16(19)22-17(21-15)23(3)4/h7-8,14H,5-6H2,1-4H3,(H2,19,20,21,22)/b13-8+. The third-order valence-corrected chi connectivity index (χ3v) is 4.14. The van der Waals surface area contributed by atoms with Crippen LogP contribution in [0.4, 0.5) is 11.9 Å². The highest BCUT2D eigenvalue weighted by Gasteiger charge is 2.26. The van der Waals surface area contributed by atoms with Crippen LogP contribution in [-0.2, 0) is 0 Å². The summed E-state index contributed by atoms with van der Waals surface area (Å²) in [5, 5.41) is 9.57. The van der Waals surface area contributed by atoms with Gasteiger partial charge < -0.3 is 15.2 Å². The number of nitrogen functional groups attached to an aromatic ring is 1. The van der Waals surface area contributed by atoms with E-state index in [4.69, 9.17) is 5.73 Å². The molecule has 0 atom stereocenters. The highest BCUT2D eigenvalue weighted by atomic mass is 15.3. The maximum atomic E-state index is 9.57. The number of aryl methyl sites for hydroxylation is 1. The fourth-order valence-electron chi connectivity index (χ4n) is 2.85. The van der Waals surface area contributed by atoms with E-state index in [1.165, 1.54) is 18.5 Å². The lowest BCUT2D eigenvalue weighted by Gasteiger charge is -2.11. The zero-order valence-electron chi connectivity index (χ0n) is 14.4. The minimum absolute atomic E-state index is 0.105. The maximum Gasteiger partial charge on any atom is 0.230 e. The van der Waals surface area contributed by atoms with Crippen molar-refractivity contribution in [3.05, 3.63) is 28.8 Å². The molecule has 1 fully saturated rings. The van der Waals surface area contributed by atoms with E-state index in [2.05, 4.69) is 45.5 Å². The van der Waals surface area contributed by atoms with Gasteiger partial charge in [0.25, 0.3) is 0 Å². The first kappa shape index (κ1) is 16.0. The fourth-order valence-corrected chi connectivity index (χ4v) is 2.85. The summed E-state index contributed by atoms with van der Waals surface area (Å²) in [4.78, 5) is 14.3. The molecule has 0 spiro atoms. The molecule has 2 N–H and O–H groups in total. The molecule has 0 saturated heterocycles. The smallest absolute Gasteiger partial charge is 0.230 e. The molecule has 1 aliphatic carbocycles. The summed E-state index contributed by atoms with van der Waals surface area (Å²) < 4.78 is 2.34. The molecular formula is C17H21N7. The van der Waals surface area contributed by atoms with Crippen LogP contribution in [-0.4, -0.2) is 33.6 Å². The van der Waals surface area contributed by atoms with Crippen molar-refractivity contribution >= 4 is 23.5 Å². The van der Waals surface area contributed by atoms with Gasteiger partial charge in [-0.15, -0.1) is 0 Å². The molecule has 0 radical (unpaired) electrons. The van der Waals surface area contributed by atoms with E-state index in [9.17, 15) is 5.26 Å². The van der Waals surface area contributed by atoms with Gasteiger partial charge in [0.1, 0.15) is 6.07 Å². The number of hydrogen-bond acceptors (Lipinski definition) is 6. The number of hydrogen-bond donors (Lipinski definition) is 1. The van der Waals surface area contributed by atoms with Crippen molar-refractivity contribution in [1.29, 1.82) is 5.26 Å². The van der Waals surface area contributed by atoms with E-state index in [0.29, 0.717) is 23.4 Å². The number of allylic oxidation sites excluding steroid dienone is 1. The van der Waals surface area contributed by atoms with Crippen molar-refractivity contribution in [3.63, 3.8) is 0 Å². The summed E-state index contributed by atoms with van der Waals surface area (Å²) in [7, 11) is 3.63. The van der Waals surface area contributed by atoms with Crippen LogP contribution in [0.3, 0.4) is 0 Å². The minimum atomic E-state index is 0.105. The SMILES string of the molecule is Cc1cc(/C=C(\C#N)c2nc(N)nc(N(C)C)n2)c(C)n1C1CC1. The van der Waals surface area contributed by atoms with Crippen molar-refractivity contribution < 1.29 is 0 Å². The predicted molar refractivity (Wildman–Crippen MR) is 94.2 cm³/mol. The van der Waals surface area contributed by atoms with Crippen molar-refractivity contribution in [2.45, 2.75) is 32.7 Å². The average molecular weight is 323 g/mol. The Balaban J connectivity index is 2.05. The zero-order valence-corrected chi connectivity index (χ0v) is 14.4. The molecule has 7 nitrogen and oxygen atoms in total. The van der Waals surface area contributed by atoms with Gasteiger partial charge in [-0.3, -0.25) is 0 Å². The van der Waals surface area contributed by atoms with Gasteiger partial charge in [-0.1, -0.05) is 0 Å². The lowest BCUT2D eigenvalue weighted by Crippen LogP contribution is -2.15. The molecule has 2 aromatic heterocycles. The van der Waals surface area contributed by atoms with Gasteiger partial charge in [0.15, 0.2) is 5.82 Å². The van der Waals surface area contributed by atoms with E-state index in [1.807, 2.05) is 20.2 Å². The molecule has 124 valence electrons. The van der Waals surface area contributed by atoms with Gasteiger partial charge in [0.05, 0.1) is 5.57 Å². The Morgan fingerprint density at radius 1 is 1.33 bits per heavy atom. The third-order valence-electron chi connectivity index (χ3n) is 4.14. The Morgan fingerprint density at radius 2 is 2.04 bits per heavy atom. The van der Waals surface area contributed by atoms with Crippen molar-refractivity contribution in [3.8, 4) is 6.07 Å². The fraction of sp³-hybridized carbons (Fsp3) is 0.412. The second-order valence-corrected chi connectivity index (χ2v) is 6.31. The maximum absolute atomic E-state index is 9.57. The Kier molecular flexibility index (Phi) is 3.97. The normalized spacial score (nSPS) is 14.5. The second kappa shape index (κ2) is 5.96. The van der Waals surface area contributed by atoms with Crippen LogP contribution < -0.4 is 10.6 Å². The van der Waals surface area contributed by atoms with Gasteiger partial charge in [0, 0.05) is 31.5 Å². The van der Waals surface area contributed by atoms with Gasteiger partial charge in [-0.05, 0) is 44.4 Å². The van der Waals surface area contributed by atoms with Crippen molar-refractivity contribution in [2.75, 3.05) is 24.7 Å². The monoisotopic (exact) mass is 323 g/mol. The molecule has 0 aromatic carbocycles. The van der Waals surface area contributed by atoms with E-state index in [-0.39, 0.29) is 5.95 Å². The molecule has 24 heavy (non-hydrogen) atoms. The molecule has 2 aromatic rings. The van der Waals surface area contributed by atoms with Crippen LogP contribution in [0.15, 0.2) is 6.07 Å².